The smallest absolute Gasteiger partial charge is 0.226 e. The molecule has 1 unspecified atom stereocenters. The van der Waals surface area contributed by atoms with Gasteiger partial charge < -0.3 is 14.3 Å². The zero-order valence-corrected chi connectivity index (χ0v) is 15.1. The highest BCUT2D eigenvalue weighted by Gasteiger charge is 2.26. The normalized spacial score (nSPS) is 15.7. The van der Waals surface area contributed by atoms with Gasteiger partial charge in [-0.05, 0) is 38.1 Å². The van der Waals surface area contributed by atoms with Crippen molar-refractivity contribution in [3.63, 3.8) is 0 Å². The maximum Gasteiger partial charge on any atom is 0.226 e. The molecule has 1 atom stereocenters. The summed E-state index contributed by atoms with van der Waals surface area (Å²) in [4.78, 5) is 14.8. The van der Waals surface area contributed by atoms with Crippen LogP contribution in [0.5, 0.6) is 0 Å². The minimum Gasteiger partial charge on any atom is -0.468 e. The zero-order valence-electron chi connectivity index (χ0n) is 15.1. The van der Waals surface area contributed by atoms with E-state index < -0.39 is 0 Å². The van der Waals surface area contributed by atoms with E-state index >= 15 is 0 Å². The molecule has 0 saturated carbocycles. The van der Waals surface area contributed by atoms with Crippen molar-refractivity contribution >= 4 is 5.91 Å². The summed E-state index contributed by atoms with van der Waals surface area (Å²) in [7, 11) is 0. The summed E-state index contributed by atoms with van der Waals surface area (Å²) in [6, 6.07) is 15.5. The van der Waals surface area contributed by atoms with Crippen LogP contribution >= 0.6 is 0 Å². The molecule has 1 aliphatic rings. The lowest BCUT2D eigenvalue weighted by molar-refractivity contribution is -0.120. The number of likely N-dealkylation sites (tertiary alicyclic amines) is 1. The van der Waals surface area contributed by atoms with E-state index in [0.717, 1.165) is 24.4 Å². The number of furan rings is 1. The molecule has 140 valence electrons. The number of carbonyl (C=O) groups excluding carboxylic acids is 1. The lowest BCUT2D eigenvalue weighted by atomic mass is 10.1. The highest BCUT2D eigenvalue weighted by atomic mass is 16.5. The van der Waals surface area contributed by atoms with Crippen LogP contribution in [0.3, 0.4) is 0 Å². The van der Waals surface area contributed by atoms with E-state index in [1.807, 2.05) is 48.5 Å². The van der Waals surface area contributed by atoms with Gasteiger partial charge in [0.2, 0.25) is 5.91 Å². The molecule has 2 aromatic heterocycles. The largest absolute Gasteiger partial charge is 0.468 e. The molecule has 0 radical (unpaired) electrons. The molecule has 1 aromatic carbocycles. The van der Waals surface area contributed by atoms with E-state index in [1.165, 1.54) is 12.8 Å². The van der Waals surface area contributed by atoms with E-state index in [2.05, 4.69) is 15.4 Å². The molecule has 6 nitrogen and oxygen atoms in total. The number of rotatable bonds is 7. The molecule has 6 heteroatoms. The zero-order chi connectivity index (χ0) is 18.5. The molecule has 1 saturated heterocycles. The second-order valence-corrected chi connectivity index (χ2v) is 6.80. The van der Waals surface area contributed by atoms with Crippen molar-refractivity contribution in [1.82, 2.24) is 15.4 Å². The molecule has 0 aliphatic carbocycles. The summed E-state index contributed by atoms with van der Waals surface area (Å²) in [5, 5.41) is 7.05. The third-order valence-corrected chi connectivity index (χ3v) is 4.90. The lowest BCUT2D eigenvalue weighted by Gasteiger charge is -2.25. The van der Waals surface area contributed by atoms with Gasteiger partial charge in [0.1, 0.15) is 5.76 Å². The van der Waals surface area contributed by atoms with Gasteiger partial charge in [0.25, 0.3) is 0 Å². The predicted molar refractivity (Wildman–Crippen MR) is 101 cm³/mol. The van der Waals surface area contributed by atoms with Crippen LogP contribution < -0.4 is 5.32 Å². The first kappa shape index (κ1) is 17.5. The van der Waals surface area contributed by atoms with Crippen molar-refractivity contribution in [2.75, 3.05) is 19.6 Å². The van der Waals surface area contributed by atoms with Crippen LogP contribution in [0.4, 0.5) is 0 Å². The number of nitrogens with zero attached hydrogens (tertiary/aromatic N) is 2. The third-order valence-electron chi connectivity index (χ3n) is 4.90. The molecule has 0 bridgehead atoms. The summed E-state index contributed by atoms with van der Waals surface area (Å²) in [6.07, 6.45) is 4.25. The first-order valence-electron chi connectivity index (χ1n) is 9.35. The average Bonchev–Trinajstić information content (AvgIpc) is 3.46. The Morgan fingerprint density at radius 2 is 1.96 bits per heavy atom. The van der Waals surface area contributed by atoms with E-state index in [1.54, 1.807) is 6.26 Å². The van der Waals surface area contributed by atoms with Gasteiger partial charge in [0.15, 0.2) is 5.76 Å². The Balaban J connectivity index is 1.35. The van der Waals surface area contributed by atoms with Gasteiger partial charge in [0.05, 0.1) is 24.4 Å². The maximum absolute atomic E-state index is 12.4. The van der Waals surface area contributed by atoms with Crippen LogP contribution in [0.15, 0.2) is 63.7 Å². The summed E-state index contributed by atoms with van der Waals surface area (Å²) < 4.78 is 11.0. The molecule has 1 amide bonds. The number of carbonyl (C=O) groups is 1. The van der Waals surface area contributed by atoms with E-state index in [-0.39, 0.29) is 18.4 Å². The van der Waals surface area contributed by atoms with Crippen LogP contribution in [-0.2, 0) is 11.2 Å². The van der Waals surface area contributed by atoms with Gasteiger partial charge in [-0.25, -0.2) is 0 Å². The number of amides is 1. The van der Waals surface area contributed by atoms with Crippen molar-refractivity contribution < 1.29 is 13.7 Å². The molecule has 0 spiro atoms. The van der Waals surface area contributed by atoms with Crippen LogP contribution in [0, 0.1) is 0 Å². The molecule has 1 aliphatic heterocycles. The molecule has 27 heavy (non-hydrogen) atoms. The fraction of sp³-hybridized carbons (Fsp3) is 0.333. The molecule has 4 rings (SSSR count). The van der Waals surface area contributed by atoms with E-state index in [9.17, 15) is 4.79 Å². The molecule has 3 aromatic rings. The topological polar surface area (TPSA) is 71.5 Å². The third kappa shape index (κ3) is 4.28. The monoisotopic (exact) mass is 365 g/mol. The first-order chi connectivity index (χ1) is 13.3. The van der Waals surface area contributed by atoms with Gasteiger partial charge in [-0.1, -0.05) is 35.5 Å². The van der Waals surface area contributed by atoms with E-state index in [0.29, 0.717) is 18.0 Å². The number of hydrogen-bond acceptors (Lipinski definition) is 5. The molecular weight excluding hydrogens is 342 g/mol. The second kappa shape index (κ2) is 8.22. The standard InChI is InChI=1S/C21H23N3O3/c25-21(14-17-13-20(27-23-17)16-7-2-1-3-8-16)22-15-18(19-9-6-12-26-19)24-10-4-5-11-24/h1-3,6-9,12-13,18H,4-5,10-11,14-15H2,(H,22,25). The quantitative estimate of drug-likeness (QED) is 0.694. The van der Waals surface area contributed by atoms with Gasteiger partial charge in [-0.15, -0.1) is 0 Å². The van der Waals surface area contributed by atoms with Gasteiger partial charge >= 0.3 is 0 Å². The van der Waals surface area contributed by atoms with Crippen molar-refractivity contribution in [1.29, 1.82) is 0 Å². The van der Waals surface area contributed by atoms with Crippen molar-refractivity contribution in [2.45, 2.75) is 25.3 Å². The Bertz CT molecular complexity index is 852. The Labute approximate surface area is 158 Å². The van der Waals surface area contributed by atoms with Crippen LogP contribution in [-0.4, -0.2) is 35.6 Å². The van der Waals surface area contributed by atoms with Crippen molar-refractivity contribution in [3.05, 3.63) is 66.2 Å². The highest BCUT2D eigenvalue weighted by Crippen LogP contribution is 2.25. The highest BCUT2D eigenvalue weighted by molar-refractivity contribution is 5.78. The summed E-state index contributed by atoms with van der Waals surface area (Å²) in [6.45, 7) is 2.59. The Morgan fingerprint density at radius 3 is 2.70 bits per heavy atom. The second-order valence-electron chi connectivity index (χ2n) is 6.80. The number of benzene rings is 1. The molecular formula is C21H23N3O3. The first-order valence-corrected chi connectivity index (χ1v) is 9.35. The minimum atomic E-state index is -0.0707. The molecule has 1 fully saturated rings. The fourth-order valence-corrected chi connectivity index (χ4v) is 3.51. The SMILES string of the molecule is O=C(Cc1cc(-c2ccccc2)on1)NCC(c1ccco1)N1CCCC1. The van der Waals surface area contributed by atoms with Gasteiger partial charge in [-0.2, -0.15) is 0 Å². The number of hydrogen-bond donors (Lipinski definition) is 1. The predicted octanol–water partition coefficient (Wildman–Crippen LogP) is 3.43. The van der Waals surface area contributed by atoms with Crippen molar-refractivity contribution in [2.24, 2.45) is 0 Å². The summed E-state index contributed by atoms with van der Waals surface area (Å²) in [5.74, 6) is 1.49. The summed E-state index contributed by atoms with van der Waals surface area (Å²) in [5.41, 5.74) is 1.57. The Hall–Kier alpha value is -2.86. The maximum atomic E-state index is 12.4. The van der Waals surface area contributed by atoms with Crippen LogP contribution in [0.25, 0.3) is 11.3 Å². The Morgan fingerprint density at radius 1 is 1.15 bits per heavy atom. The fourth-order valence-electron chi connectivity index (χ4n) is 3.51. The Kier molecular flexibility index (Phi) is 5.34. The molecule has 1 N–H and O–H groups in total. The number of aromatic nitrogens is 1. The minimum absolute atomic E-state index is 0.0707. The average molecular weight is 365 g/mol. The van der Waals surface area contributed by atoms with Crippen LogP contribution in [0.2, 0.25) is 0 Å². The van der Waals surface area contributed by atoms with Crippen LogP contribution in [0.1, 0.15) is 30.3 Å². The van der Waals surface area contributed by atoms with E-state index in [4.69, 9.17) is 8.94 Å². The van der Waals surface area contributed by atoms with Crippen molar-refractivity contribution in [3.8, 4) is 11.3 Å². The van der Waals surface area contributed by atoms with Gasteiger partial charge in [-0.3, -0.25) is 9.69 Å². The van der Waals surface area contributed by atoms with Gasteiger partial charge in [0, 0.05) is 18.2 Å². The molecule has 3 heterocycles. The number of nitrogens with one attached hydrogen (secondary N) is 1. The lowest BCUT2D eigenvalue weighted by Crippen LogP contribution is -2.37. The summed E-state index contributed by atoms with van der Waals surface area (Å²) >= 11 is 0.